The first-order valence-corrected chi connectivity index (χ1v) is 7.37. The summed E-state index contributed by atoms with van der Waals surface area (Å²) in [5.74, 6) is -0.107. The lowest BCUT2D eigenvalue weighted by Crippen LogP contribution is -2.45. The van der Waals surface area contributed by atoms with E-state index < -0.39 is 5.41 Å². The molecule has 1 aromatic carbocycles. The number of benzene rings is 1. The second kappa shape index (κ2) is 4.93. The van der Waals surface area contributed by atoms with Crippen LogP contribution in [0.4, 0.5) is 5.69 Å². The molecule has 1 heterocycles. The van der Waals surface area contributed by atoms with E-state index in [4.69, 9.17) is 0 Å². The first-order chi connectivity index (χ1) is 9.69. The zero-order chi connectivity index (χ0) is 14.2. The molecule has 20 heavy (non-hydrogen) atoms. The molecule has 1 saturated carbocycles. The SMILES string of the molecule is CCCNC(=O)C1(C(=O)N2CCc3ccccc32)CC1. The van der Waals surface area contributed by atoms with E-state index in [1.54, 1.807) is 4.90 Å². The minimum Gasteiger partial charge on any atom is -0.355 e. The first kappa shape index (κ1) is 13.2. The van der Waals surface area contributed by atoms with E-state index in [0.29, 0.717) is 25.9 Å². The van der Waals surface area contributed by atoms with Crippen molar-refractivity contribution in [2.45, 2.75) is 32.6 Å². The lowest BCUT2D eigenvalue weighted by Gasteiger charge is -2.23. The van der Waals surface area contributed by atoms with Crippen molar-refractivity contribution in [1.29, 1.82) is 0 Å². The zero-order valence-corrected chi connectivity index (χ0v) is 11.8. The van der Waals surface area contributed by atoms with Crippen LogP contribution < -0.4 is 10.2 Å². The molecule has 2 aliphatic rings. The van der Waals surface area contributed by atoms with E-state index in [0.717, 1.165) is 18.5 Å². The molecule has 1 aliphatic carbocycles. The number of nitrogens with zero attached hydrogens (tertiary/aromatic N) is 1. The number of nitrogens with one attached hydrogen (secondary N) is 1. The van der Waals surface area contributed by atoms with Crippen molar-refractivity contribution in [2.75, 3.05) is 18.0 Å². The number of carbonyl (C=O) groups is 2. The summed E-state index contributed by atoms with van der Waals surface area (Å²) in [6.45, 7) is 3.35. The van der Waals surface area contributed by atoms with Crippen LogP contribution >= 0.6 is 0 Å². The van der Waals surface area contributed by atoms with Crippen LogP contribution in [-0.2, 0) is 16.0 Å². The Balaban J connectivity index is 1.79. The van der Waals surface area contributed by atoms with Crippen molar-refractivity contribution in [2.24, 2.45) is 5.41 Å². The molecule has 0 saturated heterocycles. The number of carbonyl (C=O) groups excluding carboxylic acids is 2. The molecule has 0 atom stereocenters. The van der Waals surface area contributed by atoms with Gasteiger partial charge in [-0.25, -0.2) is 0 Å². The summed E-state index contributed by atoms with van der Waals surface area (Å²) in [5.41, 5.74) is 1.39. The highest BCUT2D eigenvalue weighted by Crippen LogP contribution is 2.49. The van der Waals surface area contributed by atoms with Gasteiger partial charge in [0.25, 0.3) is 0 Å². The lowest BCUT2D eigenvalue weighted by atomic mass is 10.0. The van der Waals surface area contributed by atoms with Gasteiger partial charge in [0.05, 0.1) is 0 Å². The van der Waals surface area contributed by atoms with E-state index >= 15 is 0 Å². The van der Waals surface area contributed by atoms with Crippen molar-refractivity contribution in [3.8, 4) is 0 Å². The highest BCUT2D eigenvalue weighted by atomic mass is 16.2. The number of para-hydroxylation sites is 1. The van der Waals surface area contributed by atoms with Gasteiger partial charge in [-0.2, -0.15) is 0 Å². The summed E-state index contributed by atoms with van der Waals surface area (Å²) < 4.78 is 0. The van der Waals surface area contributed by atoms with E-state index in [9.17, 15) is 9.59 Å². The molecular formula is C16H20N2O2. The second-order valence-corrected chi connectivity index (χ2v) is 5.67. The number of amides is 2. The molecule has 0 unspecified atom stereocenters. The van der Waals surface area contributed by atoms with E-state index in [1.807, 2.05) is 25.1 Å². The molecule has 0 radical (unpaired) electrons. The third-order valence-corrected chi connectivity index (χ3v) is 4.26. The minimum atomic E-state index is -0.785. The fraction of sp³-hybridized carbons (Fsp3) is 0.500. The summed E-state index contributed by atoms with van der Waals surface area (Å²) in [7, 11) is 0. The number of rotatable bonds is 4. The third kappa shape index (κ3) is 1.99. The monoisotopic (exact) mass is 272 g/mol. The highest BCUT2D eigenvalue weighted by Gasteiger charge is 2.58. The van der Waals surface area contributed by atoms with Crippen molar-refractivity contribution in [1.82, 2.24) is 5.32 Å². The number of fused-ring (bicyclic) bond motifs is 1. The van der Waals surface area contributed by atoms with E-state index in [-0.39, 0.29) is 11.8 Å². The average molecular weight is 272 g/mol. The van der Waals surface area contributed by atoms with Crippen molar-refractivity contribution >= 4 is 17.5 Å². The Kier molecular flexibility index (Phi) is 3.24. The van der Waals surface area contributed by atoms with Gasteiger partial charge in [-0.15, -0.1) is 0 Å². The Hall–Kier alpha value is -1.84. The van der Waals surface area contributed by atoms with Crippen LogP contribution in [0.5, 0.6) is 0 Å². The van der Waals surface area contributed by atoms with Gasteiger partial charge in [-0.05, 0) is 37.3 Å². The van der Waals surface area contributed by atoms with Gasteiger partial charge in [0.15, 0.2) is 0 Å². The van der Waals surface area contributed by atoms with Crippen LogP contribution in [0.3, 0.4) is 0 Å². The zero-order valence-electron chi connectivity index (χ0n) is 11.8. The first-order valence-electron chi connectivity index (χ1n) is 7.37. The standard InChI is InChI=1S/C16H20N2O2/c1-2-10-17-14(19)16(8-9-16)15(20)18-11-7-12-5-3-4-6-13(12)18/h3-6H,2,7-11H2,1H3,(H,17,19). The Morgan fingerprint density at radius 1 is 1.30 bits per heavy atom. The quantitative estimate of drug-likeness (QED) is 0.851. The molecule has 1 aromatic rings. The predicted molar refractivity (Wildman–Crippen MR) is 77.5 cm³/mol. The van der Waals surface area contributed by atoms with Gasteiger partial charge in [0.2, 0.25) is 11.8 Å². The average Bonchev–Trinajstić information content (AvgIpc) is 3.18. The Labute approximate surface area is 119 Å². The maximum atomic E-state index is 12.8. The minimum absolute atomic E-state index is 0.0175. The lowest BCUT2D eigenvalue weighted by molar-refractivity contribution is -0.135. The topological polar surface area (TPSA) is 49.4 Å². The molecule has 4 heteroatoms. The second-order valence-electron chi connectivity index (χ2n) is 5.67. The largest absolute Gasteiger partial charge is 0.355 e. The van der Waals surface area contributed by atoms with Gasteiger partial charge in [0, 0.05) is 18.8 Å². The van der Waals surface area contributed by atoms with Gasteiger partial charge < -0.3 is 10.2 Å². The van der Waals surface area contributed by atoms with Crippen molar-refractivity contribution in [3.63, 3.8) is 0 Å². The highest BCUT2D eigenvalue weighted by molar-refractivity contribution is 6.14. The Morgan fingerprint density at radius 3 is 2.75 bits per heavy atom. The summed E-state index contributed by atoms with van der Waals surface area (Å²) >= 11 is 0. The predicted octanol–water partition coefficient (Wildman–Crippen LogP) is 1.88. The van der Waals surface area contributed by atoms with Gasteiger partial charge in [-0.3, -0.25) is 9.59 Å². The third-order valence-electron chi connectivity index (χ3n) is 4.26. The molecule has 4 nitrogen and oxygen atoms in total. The Morgan fingerprint density at radius 2 is 2.05 bits per heavy atom. The fourth-order valence-corrected chi connectivity index (χ4v) is 2.88. The fourth-order valence-electron chi connectivity index (χ4n) is 2.88. The van der Waals surface area contributed by atoms with E-state index in [1.165, 1.54) is 5.56 Å². The van der Waals surface area contributed by atoms with E-state index in [2.05, 4.69) is 11.4 Å². The van der Waals surface area contributed by atoms with Crippen molar-refractivity contribution < 1.29 is 9.59 Å². The van der Waals surface area contributed by atoms with Crippen LogP contribution in [0.15, 0.2) is 24.3 Å². The summed E-state index contributed by atoms with van der Waals surface area (Å²) in [6.07, 6.45) is 3.14. The summed E-state index contributed by atoms with van der Waals surface area (Å²) in [4.78, 5) is 26.8. The molecular weight excluding hydrogens is 252 g/mol. The normalized spacial score (nSPS) is 18.6. The van der Waals surface area contributed by atoms with Crippen LogP contribution in [0.1, 0.15) is 31.7 Å². The van der Waals surface area contributed by atoms with Gasteiger partial charge in [-0.1, -0.05) is 25.1 Å². The maximum Gasteiger partial charge on any atom is 0.242 e. The van der Waals surface area contributed by atoms with Gasteiger partial charge >= 0.3 is 0 Å². The number of hydrogen-bond donors (Lipinski definition) is 1. The molecule has 0 bridgehead atoms. The maximum absolute atomic E-state index is 12.8. The number of hydrogen-bond acceptors (Lipinski definition) is 2. The van der Waals surface area contributed by atoms with Gasteiger partial charge in [0.1, 0.15) is 5.41 Å². The van der Waals surface area contributed by atoms with Crippen molar-refractivity contribution in [3.05, 3.63) is 29.8 Å². The smallest absolute Gasteiger partial charge is 0.242 e. The molecule has 2 amide bonds. The van der Waals surface area contributed by atoms with Crippen LogP contribution in [0.2, 0.25) is 0 Å². The Bertz CT molecular complexity index is 549. The molecule has 1 aliphatic heterocycles. The van der Waals surface area contributed by atoms with Crippen LogP contribution in [0.25, 0.3) is 0 Å². The summed E-state index contributed by atoms with van der Waals surface area (Å²) in [6, 6.07) is 7.97. The molecule has 106 valence electrons. The molecule has 1 N–H and O–H groups in total. The van der Waals surface area contributed by atoms with Crippen LogP contribution in [-0.4, -0.2) is 24.9 Å². The molecule has 1 fully saturated rings. The van der Waals surface area contributed by atoms with Crippen LogP contribution in [0, 0.1) is 5.41 Å². The summed E-state index contributed by atoms with van der Waals surface area (Å²) in [5, 5.41) is 2.88. The number of anilines is 1. The molecule has 0 spiro atoms. The molecule has 0 aromatic heterocycles. The molecule has 3 rings (SSSR count).